The molecule has 6 heteroatoms. The minimum Gasteiger partial charge on any atom is -0.492 e. The molecule has 6 nitrogen and oxygen atoms in total. The normalized spacial score (nSPS) is 16.8. The van der Waals surface area contributed by atoms with Gasteiger partial charge in [0.05, 0.1) is 6.54 Å². The van der Waals surface area contributed by atoms with Crippen LogP contribution in [0.4, 0.5) is 11.6 Å². The molecule has 138 valence electrons. The van der Waals surface area contributed by atoms with Crippen molar-refractivity contribution in [3.63, 3.8) is 0 Å². The van der Waals surface area contributed by atoms with Gasteiger partial charge < -0.3 is 15.2 Å². The molecule has 0 fully saturated rings. The second kappa shape index (κ2) is 6.86. The van der Waals surface area contributed by atoms with Crippen molar-refractivity contribution in [1.29, 1.82) is 0 Å². The van der Waals surface area contributed by atoms with E-state index in [9.17, 15) is 4.79 Å². The van der Waals surface area contributed by atoms with Gasteiger partial charge in [0.15, 0.2) is 17.7 Å². The second-order valence-corrected chi connectivity index (χ2v) is 7.43. The van der Waals surface area contributed by atoms with E-state index in [4.69, 9.17) is 15.2 Å². The summed E-state index contributed by atoms with van der Waals surface area (Å²) in [7, 11) is 0. The van der Waals surface area contributed by atoms with Crippen LogP contribution in [0.25, 0.3) is 0 Å². The highest BCUT2D eigenvalue weighted by atomic mass is 16.5. The molecule has 1 aromatic heterocycles. The summed E-state index contributed by atoms with van der Waals surface area (Å²) in [5, 5.41) is 0. The zero-order valence-electron chi connectivity index (χ0n) is 15.7. The lowest BCUT2D eigenvalue weighted by Crippen LogP contribution is -2.46. The van der Waals surface area contributed by atoms with E-state index >= 15 is 0 Å². The van der Waals surface area contributed by atoms with E-state index in [-0.39, 0.29) is 11.3 Å². The Labute approximate surface area is 153 Å². The van der Waals surface area contributed by atoms with Crippen molar-refractivity contribution < 1.29 is 14.3 Å². The SMILES string of the molecule is CC1Oc2ccc(N)nc2N(CCOc2ccc(C(C)(C)C)cc2)C1=O. The lowest BCUT2D eigenvalue weighted by molar-refractivity contribution is -0.125. The zero-order valence-corrected chi connectivity index (χ0v) is 15.7. The Hall–Kier alpha value is -2.76. The number of nitrogens with two attached hydrogens (primary N) is 1. The first kappa shape index (κ1) is 18.0. The van der Waals surface area contributed by atoms with Gasteiger partial charge in [-0.1, -0.05) is 32.9 Å². The Kier molecular flexibility index (Phi) is 4.76. The van der Waals surface area contributed by atoms with Crippen LogP contribution in [-0.2, 0) is 10.2 Å². The summed E-state index contributed by atoms with van der Waals surface area (Å²) < 4.78 is 11.4. The number of pyridine rings is 1. The van der Waals surface area contributed by atoms with Gasteiger partial charge in [0.25, 0.3) is 5.91 Å². The van der Waals surface area contributed by atoms with E-state index in [2.05, 4.69) is 37.9 Å². The van der Waals surface area contributed by atoms with Gasteiger partial charge in [-0.3, -0.25) is 9.69 Å². The molecular formula is C20H25N3O3. The summed E-state index contributed by atoms with van der Waals surface area (Å²) in [5.41, 5.74) is 7.10. The maximum atomic E-state index is 12.5. The maximum Gasteiger partial charge on any atom is 0.269 e. The van der Waals surface area contributed by atoms with E-state index in [1.165, 1.54) is 5.56 Å². The number of fused-ring (bicyclic) bond motifs is 1. The number of nitrogen functional groups attached to an aromatic ring is 1. The van der Waals surface area contributed by atoms with Crippen molar-refractivity contribution in [2.24, 2.45) is 0 Å². The molecule has 0 radical (unpaired) electrons. The molecule has 2 heterocycles. The van der Waals surface area contributed by atoms with Crippen molar-refractivity contribution in [2.75, 3.05) is 23.8 Å². The number of rotatable bonds is 4. The molecule has 1 aliphatic heterocycles. The number of carbonyl (C=O) groups excluding carboxylic acids is 1. The molecule has 2 aromatic rings. The van der Waals surface area contributed by atoms with Crippen molar-refractivity contribution >= 4 is 17.5 Å². The number of benzene rings is 1. The van der Waals surface area contributed by atoms with E-state index in [1.807, 2.05) is 12.1 Å². The highest BCUT2D eigenvalue weighted by Gasteiger charge is 2.32. The van der Waals surface area contributed by atoms with Gasteiger partial charge in [0, 0.05) is 0 Å². The van der Waals surface area contributed by atoms with Crippen molar-refractivity contribution in [2.45, 2.75) is 39.2 Å². The Morgan fingerprint density at radius 3 is 2.54 bits per heavy atom. The first-order valence-corrected chi connectivity index (χ1v) is 8.73. The molecule has 2 N–H and O–H groups in total. The smallest absolute Gasteiger partial charge is 0.269 e. The van der Waals surface area contributed by atoms with Gasteiger partial charge in [0.2, 0.25) is 0 Å². The molecule has 0 saturated heterocycles. The molecule has 1 atom stereocenters. The Morgan fingerprint density at radius 2 is 1.88 bits per heavy atom. The van der Waals surface area contributed by atoms with Crippen LogP contribution in [0, 0.1) is 0 Å². The summed E-state index contributed by atoms with van der Waals surface area (Å²) in [5.74, 6) is 1.97. The number of hydrogen-bond donors (Lipinski definition) is 1. The molecule has 0 spiro atoms. The summed E-state index contributed by atoms with van der Waals surface area (Å²) in [6, 6.07) is 11.4. The monoisotopic (exact) mass is 355 g/mol. The molecule has 3 rings (SSSR count). The first-order valence-electron chi connectivity index (χ1n) is 8.73. The zero-order chi connectivity index (χ0) is 18.9. The fourth-order valence-electron chi connectivity index (χ4n) is 2.82. The predicted octanol–water partition coefficient (Wildman–Crippen LogP) is 3.15. The number of hydrogen-bond acceptors (Lipinski definition) is 5. The van der Waals surface area contributed by atoms with E-state index < -0.39 is 6.10 Å². The summed E-state index contributed by atoms with van der Waals surface area (Å²) >= 11 is 0. The van der Waals surface area contributed by atoms with Crippen LogP contribution in [-0.4, -0.2) is 30.1 Å². The minimum atomic E-state index is -0.556. The van der Waals surface area contributed by atoms with Crippen LogP contribution in [0.3, 0.4) is 0 Å². The average Bonchev–Trinajstić information content (AvgIpc) is 2.58. The summed E-state index contributed by atoms with van der Waals surface area (Å²) in [6.45, 7) is 8.96. The van der Waals surface area contributed by atoms with E-state index in [0.29, 0.717) is 30.5 Å². The minimum absolute atomic E-state index is 0.101. The van der Waals surface area contributed by atoms with Crippen LogP contribution in [0.1, 0.15) is 33.3 Å². The lowest BCUT2D eigenvalue weighted by atomic mass is 9.87. The molecule has 1 aromatic carbocycles. The first-order chi connectivity index (χ1) is 12.3. The van der Waals surface area contributed by atoms with Gasteiger partial charge in [0.1, 0.15) is 18.2 Å². The van der Waals surface area contributed by atoms with E-state index in [1.54, 1.807) is 24.0 Å². The molecule has 0 bridgehead atoms. The third kappa shape index (κ3) is 3.74. The lowest BCUT2D eigenvalue weighted by Gasteiger charge is -2.31. The molecule has 26 heavy (non-hydrogen) atoms. The van der Waals surface area contributed by atoms with Gasteiger partial charge >= 0.3 is 0 Å². The van der Waals surface area contributed by atoms with Crippen LogP contribution in [0.2, 0.25) is 0 Å². The quantitative estimate of drug-likeness (QED) is 0.911. The van der Waals surface area contributed by atoms with Crippen molar-refractivity contribution in [1.82, 2.24) is 4.98 Å². The van der Waals surface area contributed by atoms with Gasteiger partial charge in [-0.25, -0.2) is 4.98 Å². The van der Waals surface area contributed by atoms with E-state index in [0.717, 1.165) is 5.75 Å². The third-order valence-electron chi connectivity index (χ3n) is 4.34. The van der Waals surface area contributed by atoms with Crippen molar-refractivity contribution in [3.8, 4) is 11.5 Å². The Morgan fingerprint density at radius 1 is 1.19 bits per heavy atom. The number of anilines is 2. The number of carbonyl (C=O) groups is 1. The highest BCUT2D eigenvalue weighted by Crippen LogP contribution is 2.32. The summed E-state index contributed by atoms with van der Waals surface area (Å²) in [4.78, 5) is 18.3. The molecule has 1 unspecified atom stereocenters. The number of aromatic nitrogens is 1. The molecular weight excluding hydrogens is 330 g/mol. The summed E-state index contributed by atoms with van der Waals surface area (Å²) in [6.07, 6.45) is -0.556. The number of ether oxygens (including phenoxy) is 2. The fraction of sp³-hybridized carbons (Fsp3) is 0.400. The maximum absolute atomic E-state index is 12.5. The van der Waals surface area contributed by atoms with Crippen molar-refractivity contribution in [3.05, 3.63) is 42.0 Å². The van der Waals surface area contributed by atoms with Crippen LogP contribution in [0.15, 0.2) is 36.4 Å². The highest BCUT2D eigenvalue weighted by molar-refractivity contribution is 5.98. The number of amides is 1. The molecule has 1 amide bonds. The Balaban J connectivity index is 1.68. The molecule has 0 saturated carbocycles. The molecule has 0 aliphatic carbocycles. The standard InChI is InChI=1S/C20H25N3O3/c1-13-19(24)23(18-16(26-13)9-10-17(21)22-18)11-12-25-15-7-5-14(6-8-15)20(2,3)4/h5-10,13H,11-12H2,1-4H3,(H2,21,22). The second-order valence-electron chi connectivity index (χ2n) is 7.43. The van der Waals surface area contributed by atoms with Gasteiger partial charge in [-0.05, 0) is 42.2 Å². The predicted molar refractivity (Wildman–Crippen MR) is 102 cm³/mol. The number of nitrogens with zero attached hydrogens (tertiary/aromatic N) is 2. The van der Waals surface area contributed by atoms with Gasteiger partial charge in [-0.2, -0.15) is 0 Å². The van der Waals surface area contributed by atoms with Crippen LogP contribution >= 0.6 is 0 Å². The molecule has 1 aliphatic rings. The van der Waals surface area contributed by atoms with Gasteiger partial charge in [-0.15, -0.1) is 0 Å². The van der Waals surface area contributed by atoms with Crippen LogP contribution in [0.5, 0.6) is 11.5 Å². The third-order valence-corrected chi connectivity index (χ3v) is 4.34. The Bertz CT molecular complexity index is 797. The van der Waals surface area contributed by atoms with Crippen LogP contribution < -0.4 is 20.1 Å². The average molecular weight is 355 g/mol. The fourth-order valence-corrected chi connectivity index (χ4v) is 2.82. The topological polar surface area (TPSA) is 77.7 Å². The largest absolute Gasteiger partial charge is 0.492 e.